The first kappa shape index (κ1) is 27.7. The van der Waals surface area contributed by atoms with Crippen molar-refractivity contribution >= 4 is 35.2 Å². The number of hydrogen-bond donors (Lipinski definition) is 2. The van der Waals surface area contributed by atoms with E-state index in [1.165, 1.54) is 11.8 Å². The minimum Gasteiger partial charge on any atom is -0.497 e. The van der Waals surface area contributed by atoms with E-state index < -0.39 is 5.97 Å². The first-order valence-electron chi connectivity index (χ1n) is 11.9. The standard InChI is InChI=1S/C26H31N5O5S/c1-4-13-36-25(34)19-7-6-8-20(15-19)28-24(33)17-37-26-30-29-22(31(26)5-2)16-27-23(32)14-18-9-11-21(35-3)12-10-18/h6-12,15H,4-5,13-14,16-17H2,1-3H3,(H,27,32)(H,28,33). The number of rotatable bonds is 13. The lowest BCUT2D eigenvalue weighted by molar-refractivity contribution is -0.120. The number of methoxy groups -OCH3 is 1. The van der Waals surface area contributed by atoms with Crippen molar-refractivity contribution in [3.63, 3.8) is 0 Å². The highest BCUT2D eigenvalue weighted by molar-refractivity contribution is 7.99. The van der Waals surface area contributed by atoms with Gasteiger partial charge >= 0.3 is 5.97 Å². The zero-order chi connectivity index (χ0) is 26.6. The highest BCUT2D eigenvalue weighted by Crippen LogP contribution is 2.19. The summed E-state index contributed by atoms with van der Waals surface area (Å²) in [5, 5.41) is 14.6. The molecule has 0 aliphatic carbocycles. The summed E-state index contributed by atoms with van der Waals surface area (Å²) in [5.41, 5.74) is 1.76. The molecule has 2 aromatic carbocycles. The summed E-state index contributed by atoms with van der Waals surface area (Å²) in [6.45, 7) is 5.02. The van der Waals surface area contributed by atoms with Crippen molar-refractivity contribution in [3.8, 4) is 5.75 Å². The number of nitrogens with one attached hydrogen (secondary N) is 2. The Morgan fingerprint density at radius 2 is 1.81 bits per heavy atom. The van der Waals surface area contributed by atoms with Gasteiger partial charge in [0.05, 0.1) is 38.0 Å². The number of carbonyl (C=O) groups excluding carboxylic acids is 3. The van der Waals surface area contributed by atoms with Crippen molar-refractivity contribution < 1.29 is 23.9 Å². The molecular formula is C26H31N5O5S. The molecule has 0 fully saturated rings. The van der Waals surface area contributed by atoms with Crippen LogP contribution in [-0.2, 0) is 33.8 Å². The molecule has 1 heterocycles. The minimum absolute atomic E-state index is 0.104. The SMILES string of the molecule is CCCOC(=O)c1cccc(NC(=O)CSc2nnc(CNC(=O)Cc3ccc(OC)cc3)n2CC)c1. The van der Waals surface area contributed by atoms with Gasteiger partial charge in [-0.25, -0.2) is 4.79 Å². The predicted octanol–water partition coefficient (Wildman–Crippen LogP) is 3.46. The lowest BCUT2D eigenvalue weighted by Crippen LogP contribution is -2.26. The summed E-state index contributed by atoms with van der Waals surface area (Å²) < 4.78 is 12.1. The van der Waals surface area contributed by atoms with E-state index >= 15 is 0 Å². The summed E-state index contributed by atoms with van der Waals surface area (Å²) >= 11 is 1.24. The van der Waals surface area contributed by atoms with Crippen molar-refractivity contribution in [2.45, 2.75) is 44.9 Å². The van der Waals surface area contributed by atoms with Gasteiger partial charge in [0, 0.05) is 12.2 Å². The smallest absolute Gasteiger partial charge is 0.338 e. The van der Waals surface area contributed by atoms with Crippen LogP contribution in [0.25, 0.3) is 0 Å². The molecule has 0 aliphatic heterocycles. The number of anilines is 1. The number of ether oxygens (including phenoxy) is 2. The van der Waals surface area contributed by atoms with Crippen LogP contribution in [0.4, 0.5) is 5.69 Å². The van der Waals surface area contributed by atoms with Crippen LogP contribution < -0.4 is 15.4 Å². The molecule has 0 spiro atoms. The number of nitrogens with zero attached hydrogens (tertiary/aromatic N) is 3. The summed E-state index contributed by atoms with van der Waals surface area (Å²) in [5.74, 6) is 0.638. The third kappa shape index (κ3) is 8.35. The van der Waals surface area contributed by atoms with Crippen LogP contribution in [0.2, 0.25) is 0 Å². The molecule has 1 aromatic heterocycles. The quantitative estimate of drug-likeness (QED) is 0.257. The largest absolute Gasteiger partial charge is 0.497 e. The van der Waals surface area contributed by atoms with E-state index in [1.54, 1.807) is 31.4 Å². The third-order valence-corrected chi connectivity index (χ3v) is 6.20. The zero-order valence-electron chi connectivity index (χ0n) is 21.2. The van der Waals surface area contributed by atoms with Crippen LogP contribution in [0, 0.1) is 0 Å². The van der Waals surface area contributed by atoms with Gasteiger partial charge in [-0.3, -0.25) is 9.59 Å². The Hall–Kier alpha value is -3.86. The molecule has 0 atom stereocenters. The number of thioether (sulfide) groups is 1. The van der Waals surface area contributed by atoms with Crippen LogP contribution in [-0.4, -0.2) is 52.0 Å². The molecule has 10 nitrogen and oxygen atoms in total. The zero-order valence-corrected chi connectivity index (χ0v) is 22.0. The average Bonchev–Trinajstić information content (AvgIpc) is 3.31. The van der Waals surface area contributed by atoms with E-state index in [9.17, 15) is 14.4 Å². The molecule has 0 aliphatic rings. The number of benzene rings is 2. The van der Waals surface area contributed by atoms with E-state index in [1.807, 2.05) is 42.7 Å². The van der Waals surface area contributed by atoms with E-state index in [-0.39, 0.29) is 30.5 Å². The number of hydrogen-bond acceptors (Lipinski definition) is 8. The molecule has 3 rings (SSSR count). The number of carbonyl (C=O) groups is 3. The first-order valence-corrected chi connectivity index (χ1v) is 12.9. The lowest BCUT2D eigenvalue weighted by atomic mass is 10.1. The normalized spacial score (nSPS) is 10.6. The molecule has 0 saturated carbocycles. The molecule has 37 heavy (non-hydrogen) atoms. The molecule has 0 unspecified atom stereocenters. The summed E-state index contributed by atoms with van der Waals surface area (Å²) in [7, 11) is 1.59. The molecule has 0 bridgehead atoms. The summed E-state index contributed by atoms with van der Waals surface area (Å²) in [6, 6.07) is 13.9. The summed E-state index contributed by atoms with van der Waals surface area (Å²) in [6.07, 6.45) is 0.975. The first-order chi connectivity index (χ1) is 17.9. The fourth-order valence-electron chi connectivity index (χ4n) is 3.37. The Morgan fingerprint density at radius 1 is 1.03 bits per heavy atom. The average molecular weight is 526 g/mol. The monoisotopic (exact) mass is 525 g/mol. The highest BCUT2D eigenvalue weighted by atomic mass is 32.2. The lowest BCUT2D eigenvalue weighted by Gasteiger charge is -2.09. The van der Waals surface area contributed by atoms with Gasteiger partial charge < -0.3 is 24.7 Å². The van der Waals surface area contributed by atoms with Crippen LogP contribution >= 0.6 is 11.8 Å². The second-order valence-electron chi connectivity index (χ2n) is 8.00. The van der Waals surface area contributed by atoms with Crippen LogP contribution in [0.1, 0.15) is 42.0 Å². The van der Waals surface area contributed by atoms with E-state index in [0.29, 0.717) is 35.4 Å². The maximum absolute atomic E-state index is 12.5. The minimum atomic E-state index is -0.424. The Labute approximate surface area is 220 Å². The van der Waals surface area contributed by atoms with Gasteiger partial charge in [0.25, 0.3) is 0 Å². The van der Waals surface area contributed by atoms with Crippen LogP contribution in [0.5, 0.6) is 5.75 Å². The van der Waals surface area contributed by atoms with E-state index in [0.717, 1.165) is 17.7 Å². The molecule has 2 amide bonds. The van der Waals surface area contributed by atoms with Crippen LogP contribution in [0.15, 0.2) is 53.7 Å². The van der Waals surface area contributed by atoms with Crippen molar-refractivity contribution in [3.05, 3.63) is 65.5 Å². The fourth-order valence-corrected chi connectivity index (χ4v) is 4.19. The second-order valence-corrected chi connectivity index (χ2v) is 8.94. The number of aromatic nitrogens is 3. The van der Waals surface area contributed by atoms with E-state index in [4.69, 9.17) is 9.47 Å². The van der Waals surface area contributed by atoms with Crippen molar-refractivity contribution in [1.29, 1.82) is 0 Å². The van der Waals surface area contributed by atoms with Gasteiger partial charge in [0.2, 0.25) is 11.8 Å². The van der Waals surface area contributed by atoms with Gasteiger partial charge in [0.1, 0.15) is 5.75 Å². The van der Waals surface area contributed by atoms with Gasteiger partial charge in [-0.2, -0.15) is 0 Å². The van der Waals surface area contributed by atoms with Gasteiger partial charge in [0.15, 0.2) is 11.0 Å². The van der Waals surface area contributed by atoms with Crippen molar-refractivity contribution in [1.82, 2.24) is 20.1 Å². The Bertz CT molecular complexity index is 1210. The van der Waals surface area contributed by atoms with Gasteiger partial charge in [-0.15, -0.1) is 10.2 Å². The van der Waals surface area contributed by atoms with Crippen molar-refractivity contribution in [2.75, 3.05) is 24.8 Å². The Balaban J connectivity index is 1.50. The van der Waals surface area contributed by atoms with Crippen LogP contribution in [0.3, 0.4) is 0 Å². The molecule has 0 radical (unpaired) electrons. The van der Waals surface area contributed by atoms with Gasteiger partial charge in [-0.1, -0.05) is 36.9 Å². The topological polar surface area (TPSA) is 124 Å². The molecule has 0 saturated heterocycles. The molecular weight excluding hydrogens is 494 g/mol. The van der Waals surface area contributed by atoms with Gasteiger partial charge in [-0.05, 0) is 49.2 Å². The second kappa shape index (κ2) is 14.0. The molecule has 196 valence electrons. The molecule has 11 heteroatoms. The maximum Gasteiger partial charge on any atom is 0.338 e. The number of amides is 2. The Morgan fingerprint density at radius 3 is 2.51 bits per heavy atom. The molecule has 3 aromatic rings. The fraction of sp³-hybridized carbons (Fsp3) is 0.346. The van der Waals surface area contributed by atoms with Crippen molar-refractivity contribution in [2.24, 2.45) is 0 Å². The predicted molar refractivity (Wildman–Crippen MR) is 141 cm³/mol. The maximum atomic E-state index is 12.5. The van der Waals surface area contributed by atoms with E-state index in [2.05, 4.69) is 20.8 Å². The summed E-state index contributed by atoms with van der Waals surface area (Å²) in [4.78, 5) is 36.9. The molecule has 2 N–H and O–H groups in total. The highest BCUT2D eigenvalue weighted by Gasteiger charge is 2.15. The number of esters is 1. The Kier molecular flexibility index (Phi) is 10.5. The third-order valence-electron chi connectivity index (χ3n) is 5.23.